The van der Waals surface area contributed by atoms with Crippen LogP contribution in [0.25, 0.3) is 0 Å². The third-order valence-corrected chi connectivity index (χ3v) is 8.30. The first-order chi connectivity index (χ1) is 19.6. The lowest BCUT2D eigenvalue weighted by atomic mass is 10.1. The third-order valence-electron chi connectivity index (χ3n) is 6.53. The number of hydrogen-bond donors (Lipinski definition) is 1. The van der Waals surface area contributed by atoms with Gasteiger partial charge in [-0.1, -0.05) is 43.7 Å². The Morgan fingerprint density at radius 2 is 1.61 bits per heavy atom. The number of ether oxygens (including phenoxy) is 2. The van der Waals surface area contributed by atoms with Gasteiger partial charge >= 0.3 is 0 Å². The summed E-state index contributed by atoms with van der Waals surface area (Å²) < 4.78 is 53.1. The fourth-order valence-electron chi connectivity index (χ4n) is 4.14. The quantitative estimate of drug-likeness (QED) is 0.282. The lowest BCUT2D eigenvalue weighted by Crippen LogP contribution is -2.51. The molecule has 3 rings (SSSR count). The van der Waals surface area contributed by atoms with Crippen LogP contribution in [-0.2, 0) is 26.2 Å². The molecule has 1 atom stereocenters. The van der Waals surface area contributed by atoms with E-state index < -0.39 is 34.3 Å². The van der Waals surface area contributed by atoms with E-state index in [2.05, 4.69) is 5.32 Å². The molecular formula is C30H36FN3O6S. The second kappa shape index (κ2) is 14.5. The van der Waals surface area contributed by atoms with E-state index in [9.17, 15) is 22.4 Å². The molecule has 0 spiro atoms. The van der Waals surface area contributed by atoms with E-state index >= 15 is 0 Å². The van der Waals surface area contributed by atoms with Crippen LogP contribution in [0.3, 0.4) is 0 Å². The Kier molecular flexibility index (Phi) is 11.1. The summed E-state index contributed by atoms with van der Waals surface area (Å²) in [5.74, 6) is -1.01. The van der Waals surface area contributed by atoms with Crippen molar-refractivity contribution in [1.29, 1.82) is 0 Å². The van der Waals surface area contributed by atoms with Crippen LogP contribution in [0.15, 0.2) is 77.7 Å². The number of nitrogens with one attached hydrogen (secondary N) is 1. The molecule has 0 bridgehead atoms. The molecule has 41 heavy (non-hydrogen) atoms. The summed E-state index contributed by atoms with van der Waals surface area (Å²) in [4.78, 5) is 28.1. The number of methoxy groups -OCH3 is 2. The second-order valence-corrected chi connectivity index (χ2v) is 11.2. The van der Waals surface area contributed by atoms with E-state index in [4.69, 9.17) is 9.47 Å². The van der Waals surface area contributed by atoms with Crippen LogP contribution in [0, 0.1) is 5.82 Å². The predicted molar refractivity (Wildman–Crippen MR) is 155 cm³/mol. The minimum absolute atomic E-state index is 0.0780. The van der Waals surface area contributed by atoms with Gasteiger partial charge in [-0.3, -0.25) is 13.9 Å². The Bertz CT molecular complexity index is 1420. The van der Waals surface area contributed by atoms with Crippen molar-refractivity contribution in [1.82, 2.24) is 10.2 Å². The fraction of sp³-hybridized carbons (Fsp3) is 0.333. The van der Waals surface area contributed by atoms with Crippen LogP contribution in [0.4, 0.5) is 10.1 Å². The summed E-state index contributed by atoms with van der Waals surface area (Å²) in [6.45, 7) is 3.51. The third kappa shape index (κ3) is 7.97. The van der Waals surface area contributed by atoms with Crippen LogP contribution in [-0.4, -0.2) is 58.5 Å². The number of halogens is 1. The molecule has 11 heteroatoms. The van der Waals surface area contributed by atoms with Crippen LogP contribution >= 0.6 is 0 Å². The minimum Gasteiger partial charge on any atom is -0.493 e. The standard InChI is InChI=1S/C30H36FN3O6S/c1-5-6-18-32-30(36)22(2)33(20-23-10-8-7-9-11-23)29(35)21-34(25-14-12-24(31)13-15-25)41(37,38)26-16-17-27(39-3)28(19-26)40-4/h7-17,19,22H,5-6,18,20-21H2,1-4H3,(H,32,36)/t22-/m1/s1. The first-order valence-electron chi connectivity index (χ1n) is 13.2. The average Bonchev–Trinajstić information content (AvgIpc) is 2.98. The van der Waals surface area contributed by atoms with Crippen LogP contribution in [0.2, 0.25) is 0 Å². The SMILES string of the molecule is CCCCNC(=O)[C@@H](C)N(Cc1ccccc1)C(=O)CN(c1ccc(F)cc1)S(=O)(=O)c1ccc(OC)c(OC)c1. The predicted octanol–water partition coefficient (Wildman–Crippen LogP) is 4.37. The van der Waals surface area contributed by atoms with Crippen molar-refractivity contribution >= 4 is 27.5 Å². The van der Waals surface area contributed by atoms with Gasteiger partial charge in [-0.2, -0.15) is 0 Å². The van der Waals surface area contributed by atoms with Gasteiger partial charge < -0.3 is 19.7 Å². The summed E-state index contributed by atoms with van der Waals surface area (Å²) in [6, 6.07) is 17.1. The molecule has 0 aliphatic heterocycles. The second-order valence-electron chi connectivity index (χ2n) is 9.33. The maximum atomic E-state index is 14.0. The van der Waals surface area contributed by atoms with E-state index in [1.165, 1.54) is 49.5 Å². The van der Waals surface area contributed by atoms with Crippen LogP contribution < -0.4 is 19.1 Å². The lowest BCUT2D eigenvalue weighted by molar-refractivity contribution is -0.139. The van der Waals surface area contributed by atoms with Crippen LogP contribution in [0.1, 0.15) is 32.3 Å². The Morgan fingerprint density at radius 1 is 0.951 bits per heavy atom. The number of unbranched alkanes of at least 4 members (excludes halogenated alkanes) is 1. The summed E-state index contributed by atoms with van der Waals surface area (Å²) in [7, 11) is -1.56. The van der Waals surface area contributed by atoms with E-state index in [1.54, 1.807) is 6.92 Å². The Hall–Kier alpha value is -4.12. The van der Waals surface area contributed by atoms with Gasteiger partial charge in [0, 0.05) is 19.2 Å². The first-order valence-corrected chi connectivity index (χ1v) is 14.7. The molecular weight excluding hydrogens is 549 g/mol. The topological polar surface area (TPSA) is 105 Å². The molecule has 0 unspecified atom stereocenters. The molecule has 9 nitrogen and oxygen atoms in total. The van der Waals surface area contributed by atoms with Crippen LogP contribution in [0.5, 0.6) is 11.5 Å². The lowest BCUT2D eigenvalue weighted by Gasteiger charge is -2.32. The summed E-state index contributed by atoms with van der Waals surface area (Å²) in [5.41, 5.74) is 0.847. The number of carbonyl (C=O) groups excluding carboxylic acids is 2. The van der Waals surface area contributed by atoms with Gasteiger partial charge in [0.15, 0.2) is 11.5 Å². The number of carbonyl (C=O) groups is 2. The number of nitrogens with zero attached hydrogens (tertiary/aromatic N) is 2. The monoisotopic (exact) mass is 585 g/mol. The number of benzene rings is 3. The molecule has 0 saturated heterocycles. The van der Waals surface area contributed by atoms with Gasteiger partial charge in [0.25, 0.3) is 10.0 Å². The average molecular weight is 586 g/mol. The van der Waals surface area contributed by atoms with E-state index in [1.807, 2.05) is 37.3 Å². The molecule has 0 aliphatic carbocycles. The smallest absolute Gasteiger partial charge is 0.264 e. The number of hydrogen-bond acceptors (Lipinski definition) is 6. The Labute approximate surface area is 240 Å². The minimum atomic E-state index is -4.36. The highest BCUT2D eigenvalue weighted by molar-refractivity contribution is 7.92. The van der Waals surface area contributed by atoms with E-state index in [-0.39, 0.29) is 28.8 Å². The molecule has 220 valence electrons. The van der Waals surface area contributed by atoms with E-state index in [0.29, 0.717) is 12.3 Å². The van der Waals surface area contributed by atoms with Crippen molar-refractivity contribution < 1.29 is 31.9 Å². The molecule has 3 aromatic rings. The maximum absolute atomic E-state index is 14.0. The molecule has 0 saturated carbocycles. The molecule has 0 heterocycles. The van der Waals surface area contributed by atoms with Gasteiger partial charge in [0.05, 0.1) is 24.8 Å². The van der Waals surface area contributed by atoms with E-state index in [0.717, 1.165) is 34.8 Å². The molecule has 1 N–H and O–H groups in total. The van der Waals surface area contributed by atoms with Gasteiger partial charge in [-0.25, -0.2) is 12.8 Å². The van der Waals surface area contributed by atoms with Crippen molar-refractivity contribution in [3.8, 4) is 11.5 Å². The molecule has 3 aromatic carbocycles. The molecule has 0 aliphatic rings. The van der Waals surface area contributed by atoms with Gasteiger partial charge in [0.1, 0.15) is 18.4 Å². The highest BCUT2D eigenvalue weighted by Gasteiger charge is 2.33. The zero-order chi connectivity index (χ0) is 30.0. The number of sulfonamides is 1. The zero-order valence-corrected chi connectivity index (χ0v) is 24.5. The van der Waals surface area contributed by atoms with Gasteiger partial charge in [-0.05, 0) is 55.3 Å². The highest BCUT2D eigenvalue weighted by Crippen LogP contribution is 2.32. The maximum Gasteiger partial charge on any atom is 0.264 e. The molecule has 2 amide bonds. The Morgan fingerprint density at radius 3 is 2.22 bits per heavy atom. The molecule has 0 fully saturated rings. The van der Waals surface area contributed by atoms with Crippen molar-refractivity contribution in [2.75, 3.05) is 31.6 Å². The van der Waals surface area contributed by atoms with Crippen molar-refractivity contribution in [3.63, 3.8) is 0 Å². The summed E-state index contributed by atoms with van der Waals surface area (Å²) in [6.07, 6.45) is 1.68. The first kappa shape index (κ1) is 31.4. The molecule has 0 aromatic heterocycles. The highest BCUT2D eigenvalue weighted by atomic mass is 32.2. The largest absolute Gasteiger partial charge is 0.493 e. The van der Waals surface area contributed by atoms with Crippen molar-refractivity contribution in [2.45, 2.75) is 44.2 Å². The Balaban J connectivity index is 2.02. The summed E-state index contributed by atoms with van der Waals surface area (Å²) in [5, 5.41) is 2.84. The normalized spacial score (nSPS) is 11.8. The van der Waals surface area contributed by atoms with Gasteiger partial charge in [-0.15, -0.1) is 0 Å². The number of amides is 2. The van der Waals surface area contributed by atoms with Crippen molar-refractivity contribution in [3.05, 3.63) is 84.2 Å². The number of anilines is 1. The summed E-state index contributed by atoms with van der Waals surface area (Å²) >= 11 is 0. The molecule has 0 radical (unpaired) electrons. The zero-order valence-electron chi connectivity index (χ0n) is 23.7. The van der Waals surface area contributed by atoms with Gasteiger partial charge in [0.2, 0.25) is 11.8 Å². The van der Waals surface area contributed by atoms with Crippen molar-refractivity contribution in [2.24, 2.45) is 0 Å². The number of rotatable bonds is 14. The fourth-order valence-corrected chi connectivity index (χ4v) is 5.57.